The molecule has 0 heterocycles. The lowest BCUT2D eigenvalue weighted by atomic mass is 10.1. The van der Waals surface area contributed by atoms with Crippen molar-refractivity contribution in [3.8, 4) is 0 Å². The molecule has 1 unspecified atom stereocenters. The van der Waals surface area contributed by atoms with E-state index in [0.717, 1.165) is 13.0 Å². The normalized spacial score (nSPS) is 12.6. The molecule has 1 rings (SSSR count). The molecular formula is C13H21NO2. The van der Waals surface area contributed by atoms with Crippen molar-refractivity contribution >= 4 is 0 Å². The summed E-state index contributed by atoms with van der Waals surface area (Å²) in [7, 11) is 0. The Kier molecular flexibility index (Phi) is 6.81. The van der Waals surface area contributed by atoms with E-state index >= 15 is 0 Å². The molecule has 3 nitrogen and oxygen atoms in total. The van der Waals surface area contributed by atoms with Crippen LogP contribution in [0.1, 0.15) is 25.0 Å². The minimum atomic E-state index is 0.0895. The molecule has 0 spiro atoms. The van der Waals surface area contributed by atoms with Crippen molar-refractivity contribution in [3.63, 3.8) is 0 Å². The first-order valence-electron chi connectivity index (χ1n) is 5.82. The average molecular weight is 223 g/mol. The Morgan fingerprint density at radius 3 is 2.56 bits per heavy atom. The number of hydrogen-bond acceptors (Lipinski definition) is 3. The zero-order chi connectivity index (χ0) is 11.6. The second-order valence-corrected chi connectivity index (χ2v) is 3.54. The standard InChI is InChI=1S/C13H21NO2/c1-2-15-10-11-16-13(8-9-14)12-6-4-3-5-7-12/h3-7,13H,2,8-11,14H2,1H3. The molecule has 90 valence electrons. The molecule has 1 atom stereocenters. The monoisotopic (exact) mass is 223 g/mol. The maximum absolute atomic E-state index is 5.77. The van der Waals surface area contributed by atoms with E-state index in [1.165, 1.54) is 5.56 Å². The smallest absolute Gasteiger partial charge is 0.0838 e. The van der Waals surface area contributed by atoms with Crippen molar-refractivity contribution in [2.75, 3.05) is 26.4 Å². The Morgan fingerprint density at radius 2 is 1.94 bits per heavy atom. The van der Waals surface area contributed by atoms with Crippen molar-refractivity contribution in [2.45, 2.75) is 19.4 Å². The number of rotatable bonds is 8. The summed E-state index contributed by atoms with van der Waals surface area (Å²) in [5.41, 5.74) is 6.77. The van der Waals surface area contributed by atoms with Crippen molar-refractivity contribution in [1.82, 2.24) is 0 Å². The van der Waals surface area contributed by atoms with Crippen LogP contribution in [0.15, 0.2) is 30.3 Å². The van der Waals surface area contributed by atoms with Crippen molar-refractivity contribution in [2.24, 2.45) is 5.73 Å². The van der Waals surface area contributed by atoms with E-state index < -0.39 is 0 Å². The molecule has 0 saturated heterocycles. The lowest BCUT2D eigenvalue weighted by Gasteiger charge is -2.17. The number of ether oxygens (including phenoxy) is 2. The summed E-state index contributed by atoms with van der Waals surface area (Å²) in [6, 6.07) is 10.2. The van der Waals surface area contributed by atoms with Gasteiger partial charge in [0, 0.05) is 6.61 Å². The van der Waals surface area contributed by atoms with Crippen LogP contribution in [-0.2, 0) is 9.47 Å². The third kappa shape index (κ3) is 4.75. The molecule has 0 bridgehead atoms. The van der Waals surface area contributed by atoms with Crippen LogP contribution < -0.4 is 5.73 Å². The Balaban J connectivity index is 2.41. The molecule has 0 saturated carbocycles. The molecule has 3 heteroatoms. The van der Waals surface area contributed by atoms with E-state index in [9.17, 15) is 0 Å². The third-order valence-electron chi connectivity index (χ3n) is 2.35. The van der Waals surface area contributed by atoms with Crippen LogP contribution in [0.5, 0.6) is 0 Å². The minimum Gasteiger partial charge on any atom is -0.379 e. The lowest BCUT2D eigenvalue weighted by molar-refractivity contribution is 0.00388. The van der Waals surface area contributed by atoms with E-state index in [1.807, 2.05) is 25.1 Å². The molecule has 1 aromatic carbocycles. The molecule has 0 amide bonds. The van der Waals surface area contributed by atoms with Gasteiger partial charge >= 0.3 is 0 Å². The fraction of sp³-hybridized carbons (Fsp3) is 0.538. The van der Waals surface area contributed by atoms with Gasteiger partial charge in [-0.25, -0.2) is 0 Å². The first-order chi connectivity index (χ1) is 7.88. The van der Waals surface area contributed by atoms with Gasteiger partial charge in [-0.2, -0.15) is 0 Å². The van der Waals surface area contributed by atoms with Crippen LogP contribution >= 0.6 is 0 Å². The second-order valence-electron chi connectivity index (χ2n) is 3.54. The number of hydrogen-bond donors (Lipinski definition) is 1. The van der Waals surface area contributed by atoms with Crippen LogP contribution in [0.25, 0.3) is 0 Å². The fourth-order valence-electron chi connectivity index (χ4n) is 1.56. The van der Waals surface area contributed by atoms with Gasteiger partial charge in [-0.15, -0.1) is 0 Å². The molecule has 0 aliphatic rings. The molecule has 2 N–H and O–H groups in total. The molecule has 0 aliphatic heterocycles. The summed E-state index contributed by atoms with van der Waals surface area (Å²) in [6.07, 6.45) is 0.933. The Bertz CT molecular complexity index is 264. The average Bonchev–Trinajstić information content (AvgIpc) is 2.34. The van der Waals surface area contributed by atoms with Crippen molar-refractivity contribution < 1.29 is 9.47 Å². The maximum Gasteiger partial charge on any atom is 0.0838 e. The van der Waals surface area contributed by atoms with Crippen LogP contribution in [0.3, 0.4) is 0 Å². The van der Waals surface area contributed by atoms with Crippen LogP contribution in [0.4, 0.5) is 0 Å². The van der Waals surface area contributed by atoms with E-state index in [-0.39, 0.29) is 6.10 Å². The predicted molar refractivity (Wildman–Crippen MR) is 65.3 cm³/mol. The van der Waals surface area contributed by atoms with Gasteiger partial charge in [0.2, 0.25) is 0 Å². The maximum atomic E-state index is 5.77. The van der Waals surface area contributed by atoms with Gasteiger partial charge in [-0.3, -0.25) is 0 Å². The van der Waals surface area contributed by atoms with Gasteiger partial charge in [0.1, 0.15) is 0 Å². The number of nitrogens with two attached hydrogens (primary N) is 1. The van der Waals surface area contributed by atoms with E-state index in [1.54, 1.807) is 0 Å². The zero-order valence-corrected chi connectivity index (χ0v) is 9.89. The Labute approximate surface area is 97.6 Å². The predicted octanol–water partition coefficient (Wildman–Crippen LogP) is 2.13. The summed E-state index contributed by atoms with van der Waals surface area (Å²) >= 11 is 0. The van der Waals surface area contributed by atoms with Gasteiger partial charge < -0.3 is 15.2 Å². The highest BCUT2D eigenvalue weighted by Crippen LogP contribution is 2.19. The van der Waals surface area contributed by atoms with E-state index in [4.69, 9.17) is 15.2 Å². The number of benzene rings is 1. The van der Waals surface area contributed by atoms with Gasteiger partial charge in [-0.1, -0.05) is 30.3 Å². The quantitative estimate of drug-likeness (QED) is 0.687. The topological polar surface area (TPSA) is 44.5 Å². The van der Waals surface area contributed by atoms with Crippen LogP contribution in [-0.4, -0.2) is 26.4 Å². The van der Waals surface area contributed by atoms with Gasteiger partial charge in [-0.05, 0) is 25.5 Å². The first kappa shape index (κ1) is 13.2. The highest BCUT2D eigenvalue weighted by Gasteiger charge is 2.10. The summed E-state index contributed by atoms with van der Waals surface area (Å²) in [5, 5.41) is 0. The van der Waals surface area contributed by atoms with Crippen LogP contribution in [0.2, 0.25) is 0 Å². The summed E-state index contributed by atoms with van der Waals surface area (Å²) in [4.78, 5) is 0. The Morgan fingerprint density at radius 1 is 1.19 bits per heavy atom. The minimum absolute atomic E-state index is 0.0895. The zero-order valence-electron chi connectivity index (χ0n) is 9.89. The SMILES string of the molecule is CCOCCOC(CCN)c1ccccc1. The largest absolute Gasteiger partial charge is 0.379 e. The summed E-state index contributed by atoms with van der Waals surface area (Å²) in [6.45, 7) is 4.61. The summed E-state index contributed by atoms with van der Waals surface area (Å²) in [5.74, 6) is 0. The first-order valence-corrected chi connectivity index (χ1v) is 5.82. The molecule has 1 aromatic rings. The third-order valence-corrected chi connectivity index (χ3v) is 2.35. The molecule has 0 radical (unpaired) electrons. The highest BCUT2D eigenvalue weighted by atomic mass is 16.5. The molecule has 0 fully saturated rings. The fourth-order valence-corrected chi connectivity index (χ4v) is 1.56. The van der Waals surface area contributed by atoms with Crippen molar-refractivity contribution in [3.05, 3.63) is 35.9 Å². The Hall–Kier alpha value is -0.900. The second kappa shape index (κ2) is 8.28. The lowest BCUT2D eigenvalue weighted by Crippen LogP contribution is -2.13. The molecule has 0 aliphatic carbocycles. The highest BCUT2D eigenvalue weighted by molar-refractivity contribution is 5.17. The van der Waals surface area contributed by atoms with Gasteiger partial charge in [0.15, 0.2) is 0 Å². The van der Waals surface area contributed by atoms with Gasteiger partial charge in [0.25, 0.3) is 0 Å². The molecular weight excluding hydrogens is 202 g/mol. The summed E-state index contributed by atoms with van der Waals surface area (Å²) < 4.78 is 11.0. The van der Waals surface area contributed by atoms with Gasteiger partial charge in [0.05, 0.1) is 19.3 Å². The van der Waals surface area contributed by atoms with E-state index in [0.29, 0.717) is 19.8 Å². The van der Waals surface area contributed by atoms with E-state index in [2.05, 4.69) is 12.1 Å². The molecule has 16 heavy (non-hydrogen) atoms. The van der Waals surface area contributed by atoms with Crippen molar-refractivity contribution in [1.29, 1.82) is 0 Å². The van der Waals surface area contributed by atoms with Crippen LogP contribution in [0, 0.1) is 0 Å². The molecule has 0 aromatic heterocycles.